The summed E-state index contributed by atoms with van der Waals surface area (Å²) in [6.07, 6.45) is 23.3. The number of hydrogen-bond acceptors (Lipinski definition) is 1. The first-order valence-corrected chi connectivity index (χ1v) is 7.97. The Morgan fingerprint density at radius 3 is 1.90 bits per heavy atom. The minimum Gasteiger partial charge on any atom is -0.481 e. The Labute approximate surface area is 124 Å². The Balaban J connectivity index is 3.32. The molecule has 0 aliphatic rings. The van der Waals surface area contributed by atoms with Gasteiger partial charge in [0.25, 0.3) is 0 Å². The summed E-state index contributed by atoms with van der Waals surface area (Å²) in [5.41, 5.74) is 0. The van der Waals surface area contributed by atoms with Crippen LogP contribution in [0.25, 0.3) is 0 Å². The molecule has 0 saturated heterocycles. The average molecular weight is 278 g/mol. The lowest BCUT2D eigenvalue weighted by Gasteiger charge is -1.96. The molecule has 0 aromatic carbocycles. The van der Waals surface area contributed by atoms with Gasteiger partial charge in [-0.25, -0.2) is 0 Å². The van der Waals surface area contributed by atoms with Gasteiger partial charge in [0.15, 0.2) is 0 Å². The fourth-order valence-electron chi connectivity index (χ4n) is 1.88. The number of unbranched alkanes of at least 4 members (excludes halogenated alkanes) is 7. The van der Waals surface area contributed by atoms with E-state index < -0.39 is 5.97 Å². The Bertz CT molecular complexity index is 301. The van der Waals surface area contributed by atoms with E-state index in [-0.39, 0.29) is 0 Å². The highest BCUT2D eigenvalue weighted by Gasteiger charge is 1.95. The van der Waals surface area contributed by atoms with Crippen LogP contribution in [0.3, 0.4) is 0 Å². The van der Waals surface area contributed by atoms with Crippen LogP contribution in [-0.2, 0) is 4.79 Å². The highest BCUT2D eigenvalue weighted by Crippen LogP contribution is 2.06. The third kappa shape index (κ3) is 16.7. The van der Waals surface area contributed by atoms with E-state index in [9.17, 15) is 4.79 Å². The van der Waals surface area contributed by atoms with Crippen LogP contribution >= 0.6 is 0 Å². The van der Waals surface area contributed by atoms with Gasteiger partial charge in [-0.3, -0.25) is 4.79 Å². The summed E-state index contributed by atoms with van der Waals surface area (Å²) in [7, 11) is 0. The average Bonchev–Trinajstić information content (AvgIpc) is 2.43. The maximum absolute atomic E-state index is 10.3. The number of carbonyl (C=O) groups is 1. The molecular weight excluding hydrogens is 248 g/mol. The van der Waals surface area contributed by atoms with Crippen molar-refractivity contribution >= 4 is 5.97 Å². The fourth-order valence-corrected chi connectivity index (χ4v) is 1.88. The lowest BCUT2D eigenvalue weighted by Crippen LogP contribution is -1.93. The minimum atomic E-state index is -0.683. The molecule has 114 valence electrons. The van der Waals surface area contributed by atoms with Crippen molar-refractivity contribution in [1.29, 1.82) is 0 Å². The molecule has 2 heteroatoms. The number of hydrogen-bond donors (Lipinski definition) is 1. The van der Waals surface area contributed by atoms with Crippen LogP contribution in [0.1, 0.15) is 71.1 Å². The Morgan fingerprint density at radius 1 is 0.800 bits per heavy atom. The number of aliphatic carboxylic acids is 1. The Hall–Kier alpha value is -1.31. The summed E-state index contributed by atoms with van der Waals surface area (Å²) in [5.74, 6) is -0.683. The van der Waals surface area contributed by atoms with Crippen LogP contribution in [0, 0.1) is 0 Å². The van der Waals surface area contributed by atoms with Crippen molar-refractivity contribution in [3.05, 3.63) is 36.5 Å². The summed E-state index contributed by atoms with van der Waals surface area (Å²) in [4.78, 5) is 10.3. The molecule has 0 unspecified atom stereocenters. The van der Waals surface area contributed by atoms with Crippen LogP contribution in [0.4, 0.5) is 0 Å². The fraction of sp³-hybridized carbons (Fsp3) is 0.611. The molecule has 20 heavy (non-hydrogen) atoms. The zero-order chi connectivity index (χ0) is 14.9. The predicted molar refractivity (Wildman–Crippen MR) is 86.9 cm³/mol. The largest absolute Gasteiger partial charge is 0.481 e. The third-order valence-electron chi connectivity index (χ3n) is 3.09. The molecule has 0 amide bonds. The van der Waals surface area contributed by atoms with E-state index in [1.165, 1.54) is 25.7 Å². The van der Waals surface area contributed by atoms with Crippen molar-refractivity contribution in [2.45, 2.75) is 71.1 Å². The molecule has 1 N–H and O–H groups in total. The number of carboxylic acids is 1. The van der Waals surface area contributed by atoms with Gasteiger partial charge >= 0.3 is 5.97 Å². The van der Waals surface area contributed by atoms with Gasteiger partial charge in [0.05, 0.1) is 0 Å². The van der Waals surface area contributed by atoms with Crippen LogP contribution in [-0.4, -0.2) is 11.1 Å². The van der Waals surface area contributed by atoms with Gasteiger partial charge in [-0.2, -0.15) is 0 Å². The standard InChI is InChI=1S/C18H30O2/c1-2-3-4-5-6-7-8-9-10-11-12-13-14-15-16-17-18(19)20/h6-11H,2-5,12-17H2,1H3,(H,19,20)/b7-6?,9-8+,11-10?. The Morgan fingerprint density at radius 2 is 1.35 bits per heavy atom. The van der Waals surface area contributed by atoms with Crippen molar-refractivity contribution in [3.63, 3.8) is 0 Å². The molecule has 0 bridgehead atoms. The van der Waals surface area contributed by atoms with E-state index in [4.69, 9.17) is 5.11 Å². The van der Waals surface area contributed by atoms with Crippen molar-refractivity contribution in [1.82, 2.24) is 0 Å². The minimum absolute atomic E-state index is 0.309. The zero-order valence-corrected chi connectivity index (χ0v) is 12.9. The normalized spacial score (nSPS) is 12.1. The maximum Gasteiger partial charge on any atom is 0.303 e. The molecule has 0 aromatic rings. The van der Waals surface area contributed by atoms with E-state index in [0.717, 1.165) is 32.1 Å². The summed E-state index contributed by atoms with van der Waals surface area (Å²) in [6, 6.07) is 0. The molecule has 0 aliphatic heterocycles. The molecule has 0 rings (SSSR count). The smallest absolute Gasteiger partial charge is 0.303 e. The van der Waals surface area contributed by atoms with Crippen molar-refractivity contribution in [3.8, 4) is 0 Å². The highest BCUT2D eigenvalue weighted by molar-refractivity contribution is 5.66. The van der Waals surface area contributed by atoms with Gasteiger partial charge in [-0.05, 0) is 32.1 Å². The summed E-state index contributed by atoms with van der Waals surface area (Å²) in [5, 5.41) is 8.49. The molecule has 0 aliphatic carbocycles. The molecule has 0 spiro atoms. The second-order valence-corrected chi connectivity index (χ2v) is 5.08. The first kappa shape index (κ1) is 18.7. The molecule has 0 radical (unpaired) electrons. The van der Waals surface area contributed by atoms with Crippen LogP contribution < -0.4 is 0 Å². The van der Waals surface area contributed by atoms with E-state index in [0.29, 0.717) is 6.42 Å². The number of rotatable bonds is 13. The van der Waals surface area contributed by atoms with Crippen molar-refractivity contribution in [2.24, 2.45) is 0 Å². The summed E-state index contributed by atoms with van der Waals surface area (Å²) < 4.78 is 0. The highest BCUT2D eigenvalue weighted by atomic mass is 16.4. The van der Waals surface area contributed by atoms with Crippen molar-refractivity contribution < 1.29 is 9.90 Å². The van der Waals surface area contributed by atoms with Crippen LogP contribution in [0.2, 0.25) is 0 Å². The Kier molecular flexibility index (Phi) is 14.7. The number of carboxylic acid groups (broad SMARTS) is 1. The zero-order valence-electron chi connectivity index (χ0n) is 12.9. The van der Waals surface area contributed by atoms with E-state index in [1.54, 1.807) is 0 Å². The van der Waals surface area contributed by atoms with Gasteiger partial charge in [0, 0.05) is 6.42 Å². The van der Waals surface area contributed by atoms with E-state index in [2.05, 4.69) is 43.4 Å². The van der Waals surface area contributed by atoms with Crippen molar-refractivity contribution in [2.75, 3.05) is 0 Å². The molecular formula is C18H30O2. The van der Waals surface area contributed by atoms with Gasteiger partial charge in [-0.1, -0.05) is 69.1 Å². The summed E-state index contributed by atoms with van der Waals surface area (Å²) in [6.45, 7) is 2.22. The first-order valence-electron chi connectivity index (χ1n) is 7.97. The summed E-state index contributed by atoms with van der Waals surface area (Å²) >= 11 is 0. The van der Waals surface area contributed by atoms with Gasteiger partial charge in [0.2, 0.25) is 0 Å². The maximum atomic E-state index is 10.3. The lowest BCUT2D eigenvalue weighted by molar-refractivity contribution is -0.137. The van der Waals surface area contributed by atoms with Gasteiger partial charge < -0.3 is 5.11 Å². The molecule has 0 atom stereocenters. The molecule has 0 saturated carbocycles. The monoisotopic (exact) mass is 278 g/mol. The molecule has 0 fully saturated rings. The lowest BCUT2D eigenvalue weighted by atomic mass is 10.1. The third-order valence-corrected chi connectivity index (χ3v) is 3.09. The quantitative estimate of drug-likeness (QED) is 0.348. The van der Waals surface area contributed by atoms with E-state index in [1.807, 2.05) is 0 Å². The predicted octanol–water partition coefficient (Wildman–Crippen LogP) is 5.66. The second-order valence-electron chi connectivity index (χ2n) is 5.08. The SMILES string of the molecule is CCCCCC=C/C=C/C=CCCCCCCC(=O)O. The molecule has 2 nitrogen and oxygen atoms in total. The van der Waals surface area contributed by atoms with Crippen LogP contribution in [0.5, 0.6) is 0 Å². The molecule has 0 aromatic heterocycles. The molecule has 0 heterocycles. The van der Waals surface area contributed by atoms with E-state index >= 15 is 0 Å². The first-order chi connectivity index (χ1) is 9.77. The van der Waals surface area contributed by atoms with Gasteiger partial charge in [0.1, 0.15) is 0 Å². The van der Waals surface area contributed by atoms with Gasteiger partial charge in [-0.15, -0.1) is 0 Å². The number of allylic oxidation sites excluding steroid dienone is 6. The second kappa shape index (κ2) is 15.7. The topological polar surface area (TPSA) is 37.3 Å². The van der Waals surface area contributed by atoms with Crippen LogP contribution in [0.15, 0.2) is 36.5 Å².